The maximum atomic E-state index is 12.6. The van der Waals surface area contributed by atoms with Crippen molar-refractivity contribution in [2.24, 2.45) is 0 Å². The van der Waals surface area contributed by atoms with Crippen molar-refractivity contribution in [1.82, 2.24) is 10.2 Å². The van der Waals surface area contributed by atoms with E-state index in [1.165, 1.54) is 43.5 Å². The third kappa shape index (κ3) is 5.35. The Morgan fingerprint density at radius 2 is 1.75 bits per heavy atom. The Morgan fingerprint density at radius 3 is 2.50 bits per heavy atom. The van der Waals surface area contributed by atoms with Gasteiger partial charge in [-0.25, -0.2) is 0 Å². The first-order chi connectivity index (χ1) is 13.5. The minimum Gasteiger partial charge on any atom is -0.481 e. The zero-order valence-electron chi connectivity index (χ0n) is 17.3. The monoisotopic (exact) mass is 380 g/mol. The lowest BCUT2D eigenvalue weighted by molar-refractivity contribution is -0.127. The first kappa shape index (κ1) is 20.4. The lowest BCUT2D eigenvalue weighted by Crippen LogP contribution is -2.36. The molecule has 0 saturated carbocycles. The smallest absolute Gasteiger partial charge is 0.261 e. The molecule has 2 aromatic carbocycles. The molecule has 0 spiro atoms. The summed E-state index contributed by atoms with van der Waals surface area (Å²) in [6.07, 6.45) is 3.37. The van der Waals surface area contributed by atoms with Crippen molar-refractivity contribution in [3.05, 3.63) is 64.7 Å². The van der Waals surface area contributed by atoms with Gasteiger partial charge in [0.15, 0.2) is 6.10 Å². The summed E-state index contributed by atoms with van der Waals surface area (Å²) in [7, 11) is 0. The normalized spacial score (nSPS) is 15.8. The zero-order chi connectivity index (χ0) is 19.9. The molecule has 2 aromatic rings. The molecule has 150 valence electrons. The first-order valence-corrected chi connectivity index (χ1v) is 10.3. The Morgan fingerprint density at radius 1 is 1.04 bits per heavy atom. The van der Waals surface area contributed by atoms with Gasteiger partial charge in [-0.2, -0.15) is 0 Å². The Hall–Kier alpha value is -2.33. The molecule has 28 heavy (non-hydrogen) atoms. The van der Waals surface area contributed by atoms with Crippen LogP contribution in [0.1, 0.15) is 48.4 Å². The number of nitrogens with one attached hydrogen (secondary N) is 1. The highest BCUT2D eigenvalue weighted by Crippen LogP contribution is 2.22. The first-order valence-electron chi connectivity index (χ1n) is 10.3. The van der Waals surface area contributed by atoms with Crippen LogP contribution in [0, 0.1) is 13.8 Å². The minimum absolute atomic E-state index is 0.0892. The highest BCUT2D eigenvalue weighted by Gasteiger charge is 2.17. The number of carbonyl (C=O) groups excluding carboxylic acids is 1. The van der Waals surface area contributed by atoms with Crippen LogP contribution in [-0.4, -0.2) is 30.0 Å². The summed E-state index contributed by atoms with van der Waals surface area (Å²) in [5, 5.41) is 3.05. The number of nitrogens with zero attached hydrogens (tertiary/aromatic N) is 1. The molecule has 0 bridgehead atoms. The molecule has 0 aromatic heterocycles. The molecule has 1 aliphatic heterocycles. The number of amides is 1. The van der Waals surface area contributed by atoms with Crippen molar-refractivity contribution < 1.29 is 9.53 Å². The molecule has 1 fully saturated rings. The van der Waals surface area contributed by atoms with E-state index in [1.54, 1.807) is 6.92 Å². The van der Waals surface area contributed by atoms with Crippen LogP contribution in [0.25, 0.3) is 0 Å². The number of benzene rings is 2. The quantitative estimate of drug-likeness (QED) is 0.775. The molecule has 1 aliphatic rings. The fourth-order valence-electron chi connectivity index (χ4n) is 3.66. The molecule has 3 rings (SSSR count). The van der Waals surface area contributed by atoms with Crippen molar-refractivity contribution in [1.29, 1.82) is 0 Å². The molecule has 0 radical (unpaired) electrons. The lowest BCUT2D eigenvalue weighted by atomic mass is 10.0. The van der Waals surface area contributed by atoms with Crippen LogP contribution in [0.3, 0.4) is 0 Å². The van der Waals surface area contributed by atoms with Gasteiger partial charge in [-0.1, -0.05) is 42.8 Å². The topological polar surface area (TPSA) is 41.6 Å². The molecule has 0 unspecified atom stereocenters. The number of piperidine rings is 1. The molecule has 1 N–H and O–H groups in total. The van der Waals surface area contributed by atoms with Crippen LogP contribution in [0.15, 0.2) is 42.5 Å². The second-order valence-electron chi connectivity index (χ2n) is 7.78. The van der Waals surface area contributed by atoms with Crippen molar-refractivity contribution in [2.75, 3.05) is 13.1 Å². The van der Waals surface area contributed by atoms with Crippen molar-refractivity contribution in [3.8, 4) is 5.75 Å². The van der Waals surface area contributed by atoms with Gasteiger partial charge in [0.2, 0.25) is 0 Å². The molecule has 0 aliphatic carbocycles. The summed E-state index contributed by atoms with van der Waals surface area (Å²) in [6.45, 7) is 9.70. The van der Waals surface area contributed by atoms with E-state index < -0.39 is 6.10 Å². The third-order valence-corrected chi connectivity index (χ3v) is 5.64. The number of carbonyl (C=O) groups is 1. The van der Waals surface area contributed by atoms with E-state index >= 15 is 0 Å². The van der Waals surface area contributed by atoms with Crippen molar-refractivity contribution in [2.45, 2.75) is 59.2 Å². The van der Waals surface area contributed by atoms with Crippen molar-refractivity contribution >= 4 is 5.91 Å². The minimum atomic E-state index is -0.533. The summed E-state index contributed by atoms with van der Waals surface area (Å²) in [5.74, 6) is 0.682. The predicted octanol–water partition coefficient (Wildman–Crippen LogP) is 4.37. The summed E-state index contributed by atoms with van der Waals surface area (Å²) >= 11 is 0. The van der Waals surface area contributed by atoms with E-state index in [9.17, 15) is 4.79 Å². The molecule has 1 heterocycles. The summed E-state index contributed by atoms with van der Waals surface area (Å²) in [6, 6.07) is 14.3. The summed E-state index contributed by atoms with van der Waals surface area (Å²) in [5.41, 5.74) is 4.72. The lowest BCUT2D eigenvalue weighted by Gasteiger charge is -2.27. The SMILES string of the molecule is Cc1cccc(O[C@@H](C)C(=O)NCc2ccccc2CN2CCCCC2)c1C. The Bertz CT molecular complexity index is 797. The molecule has 4 heteroatoms. The van der Waals surface area contributed by atoms with Gasteiger partial charge < -0.3 is 10.1 Å². The average Bonchev–Trinajstić information content (AvgIpc) is 2.71. The second kappa shape index (κ2) is 9.74. The Balaban J connectivity index is 1.57. The molecule has 1 atom stereocenters. The van der Waals surface area contributed by atoms with Gasteiger partial charge in [-0.3, -0.25) is 9.69 Å². The van der Waals surface area contributed by atoms with E-state index in [0.717, 1.165) is 23.4 Å². The number of hydrogen-bond donors (Lipinski definition) is 1. The highest BCUT2D eigenvalue weighted by molar-refractivity contribution is 5.80. The summed E-state index contributed by atoms with van der Waals surface area (Å²) in [4.78, 5) is 15.1. The van der Waals surface area contributed by atoms with Gasteiger partial charge in [-0.05, 0) is 75.0 Å². The van der Waals surface area contributed by atoms with Crippen LogP contribution >= 0.6 is 0 Å². The van der Waals surface area contributed by atoms with E-state index in [2.05, 4.69) is 28.4 Å². The number of likely N-dealkylation sites (tertiary alicyclic amines) is 1. The third-order valence-electron chi connectivity index (χ3n) is 5.64. The standard InChI is InChI=1S/C24H32N2O2/c1-18-10-9-13-23(19(18)2)28-20(3)24(27)25-16-21-11-5-6-12-22(21)17-26-14-7-4-8-15-26/h5-6,9-13,20H,4,7-8,14-17H2,1-3H3,(H,25,27)/t20-/m0/s1. The van der Waals surface area contributed by atoms with E-state index in [1.807, 2.05) is 38.1 Å². The van der Waals surface area contributed by atoms with E-state index in [4.69, 9.17) is 4.74 Å². The predicted molar refractivity (Wildman–Crippen MR) is 113 cm³/mol. The highest BCUT2D eigenvalue weighted by atomic mass is 16.5. The van der Waals surface area contributed by atoms with Crippen LogP contribution in [-0.2, 0) is 17.9 Å². The Labute approximate surface area is 168 Å². The van der Waals surface area contributed by atoms with Gasteiger partial charge in [-0.15, -0.1) is 0 Å². The molecule has 4 nitrogen and oxygen atoms in total. The fourth-order valence-corrected chi connectivity index (χ4v) is 3.66. The number of ether oxygens (including phenoxy) is 1. The largest absolute Gasteiger partial charge is 0.481 e. The summed E-state index contributed by atoms with van der Waals surface area (Å²) < 4.78 is 5.91. The van der Waals surface area contributed by atoms with Gasteiger partial charge in [0.05, 0.1) is 0 Å². The number of hydrogen-bond acceptors (Lipinski definition) is 3. The van der Waals surface area contributed by atoms with Crippen molar-refractivity contribution in [3.63, 3.8) is 0 Å². The van der Waals surface area contributed by atoms with Gasteiger partial charge in [0.25, 0.3) is 5.91 Å². The van der Waals surface area contributed by atoms with Crippen LogP contribution < -0.4 is 10.1 Å². The molecule has 1 amide bonds. The maximum Gasteiger partial charge on any atom is 0.261 e. The number of rotatable bonds is 7. The fraction of sp³-hybridized carbons (Fsp3) is 0.458. The van der Waals surface area contributed by atoms with E-state index in [0.29, 0.717) is 6.54 Å². The van der Waals surface area contributed by atoms with E-state index in [-0.39, 0.29) is 5.91 Å². The molecule has 1 saturated heterocycles. The molecular formula is C24H32N2O2. The average molecular weight is 381 g/mol. The zero-order valence-corrected chi connectivity index (χ0v) is 17.3. The van der Waals surface area contributed by atoms with Crippen LogP contribution in [0.2, 0.25) is 0 Å². The van der Waals surface area contributed by atoms with Crippen LogP contribution in [0.4, 0.5) is 0 Å². The maximum absolute atomic E-state index is 12.6. The van der Waals surface area contributed by atoms with Crippen LogP contribution in [0.5, 0.6) is 5.75 Å². The number of aryl methyl sites for hydroxylation is 1. The second-order valence-corrected chi connectivity index (χ2v) is 7.78. The Kier molecular flexibility index (Phi) is 7.10. The van der Waals surface area contributed by atoms with Gasteiger partial charge in [0.1, 0.15) is 5.75 Å². The molecular weight excluding hydrogens is 348 g/mol. The van der Waals surface area contributed by atoms with Gasteiger partial charge >= 0.3 is 0 Å². The van der Waals surface area contributed by atoms with Gasteiger partial charge in [0, 0.05) is 13.1 Å².